The molecule has 0 saturated carbocycles. The highest BCUT2D eigenvalue weighted by atomic mass is 35.5. The van der Waals surface area contributed by atoms with Crippen molar-refractivity contribution in [3.8, 4) is 5.69 Å². The van der Waals surface area contributed by atoms with E-state index in [9.17, 15) is 22.8 Å². The quantitative estimate of drug-likeness (QED) is 0.815. The third-order valence-corrected chi connectivity index (χ3v) is 4.79. The summed E-state index contributed by atoms with van der Waals surface area (Å²) in [7, 11) is 0. The number of hydrogen-bond acceptors (Lipinski definition) is 3. The van der Waals surface area contributed by atoms with E-state index in [1.807, 2.05) is 0 Å². The Bertz CT molecular complexity index is 907. The Labute approximate surface area is 170 Å². The molecule has 3 amide bonds. The molecule has 1 aliphatic rings. The number of carbonyl (C=O) groups excluding carboxylic acids is 2. The predicted molar refractivity (Wildman–Crippen MR) is 99.6 cm³/mol. The van der Waals surface area contributed by atoms with Crippen LogP contribution < -0.4 is 5.32 Å². The van der Waals surface area contributed by atoms with Gasteiger partial charge >= 0.3 is 12.2 Å². The Kier molecular flexibility index (Phi) is 6.02. The molecule has 1 fully saturated rings. The molecule has 1 aromatic carbocycles. The minimum absolute atomic E-state index is 0.0600. The van der Waals surface area contributed by atoms with Crippen molar-refractivity contribution >= 4 is 23.5 Å². The number of nitrogens with zero attached hydrogens (tertiary/aromatic N) is 4. The Morgan fingerprint density at radius 1 is 1.14 bits per heavy atom. The fourth-order valence-corrected chi connectivity index (χ4v) is 3.20. The normalized spacial score (nSPS) is 14.8. The molecule has 3 rings (SSSR count). The highest BCUT2D eigenvalue weighted by Gasteiger charge is 2.35. The first-order chi connectivity index (χ1) is 13.6. The highest BCUT2D eigenvalue weighted by molar-refractivity contribution is 6.30. The molecule has 1 N–H and O–H groups in total. The molecule has 2 aromatic rings. The van der Waals surface area contributed by atoms with Crippen molar-refractivity contribution in [2.75, 3.05) is 26.2 Å². The minimum atomic E-state index is -4.62. The van der Waals surface area contributed by atoms with Gasteiger partial charge < -0.3 is 15.1 Å². The maximum Gasteiger partial charge on any atom is 0.435 e. The number of rotatable bonds is 3. The molecule has 7 nitrogen and oxygen atoms in total. The van der Waals surface area contributed by atoms with E-state index < -0.39 is 17.9 Å². The number of hydrogen-bond donors (Lipinski definition) is 1. The average Bonchev–Trinajstić information content (AvgIpc) is 3.11. The van der Waals surface area contributed by atoms with Gasteiger partial charge in [-0.05, 0) is 24.3 Å². The first-order valence-electron chi connectivity index (χ1n) is 8.85. The van der Waals surface area contributed by atoms with E-state index in [2.05, 4.69) is 10.4 Å². The molecular formula is C18H19ClF3N5O2. The number of carbonyl (C=O) groups is 2. The van der Waals surface area contributed by atoms with Gasteiger partial charge in [0.05, 0.1) is 17.9 Å². The summed E-state index contributed by atoms with van der Waals surface area (Å²) in [5.74, 6) is -0.0600. The number of nitrogens with one attached hydrogen (secondary N) is 1. The summed E-state index contributed by atoms with van der Waals surface area (Å²) in [6, 6.07) is 6.74. The van der Waals surface area contributed by atoms with Gasteiger partial charge in [-0.1, -0.05) is 17.7 Å². The smallest absolute Gasteiger partial charge is 0.339 e. The zero-order valence-electron chi connectivity index (χ0n) is 15.5. The Balaban J connectivity index is 1.74. The standard InChI is InChI=1S/C18H19ClF3N5O2/c1-12(28)25-5-7-26(8-6-25)17(29)23-11-15-10-16(18(20,21)22)24-27(15)14-4-2-3-13(19)9-14/h2-4,9-10H,5-8,11H2,1H3,(H,23,29). The summed E-state index contributed by atoms with van der Waals surface area (Å²) in [6.07, 6.45) is -4.62. The molecule has 0 unspecified atom stereocenters. The Hall–Kier alpha value is -2.75. The van der Waals surface area contributed by atoms with E-state index in [1.54, 1.807) is 23.1 Å². The van der Waals surface area contributed by atoms with Crippen molar-refractivity contribution in [1.29, 1.82) is 0 Å². The Morgan fingerprint density at radius 2 is 1.79 bits per heavy atom. The number of benzene rings is 1. The second kappa shape index (κ2) is 8.32. The molecule has 2 heterocycles. The van der Waals surface area contributed by atoms with Crippen LogP contribution in [0.15, 0.2) is 30.3 Å². The number of aromatic nitrogens is 2. The van der Waals surface area contributed by atoms with Crippen molar-refractivity contribution in [1.82, 2.24) is 24.9 Å². The van der Waals surface area contributed by atoms with E-state index in [0.717, 1.165) is 10.7 Å². The van der Waals surface area contributed by atoms with Gasteiger partial charge in [0.15, 0.2) is 5.69 Å². The van der Waals surface area contributed by atoms with Crippen LogP contribution in [0.1, 0.15) is 18.3 Å². The van der Waals surface area contributed by atoms with E-state index >= 15 is 0 Å². The summed E-state index contributed by atoms with van der Waals surface area (Å²) in [6.45, 7) is 2.86. The molecule has 0 atom stereocenters. The number of urea groups is 1. The van der Waals surface area contributed by atoms with Crippen LogP contribution >= 0.6 is 11.6 Å². The molecule has 0 bridgehead atoms. The Morgan fingerprint density at radius 3 is 2.38 bits per heavy atom. The van der Waals surface area contributed by atoms with Crippen LogP contribution in [0.4, 0.5) is 18.0 Å². The second-order valence-corrected chi connectivity index (χ2v) is 7.00. The molecule has 11 heteroatoms. The van der Waals surface area contributed by atoms with Gasteiger partial charge in [-0.25, -0.2) is 9.48 Å². The lowest BCUT2D eigenvalue weighted by molar-refractivity contribution is -0.141. The van der Waals surface area contributed by atoms with Gasteiger partial charge in [0.2, 0.25) is 5.91 Å². The van der Waals surface area contributed by atoms with Crippen molar-refractivity contribution in [2.24, 2.45) is 0 Å². The van der Waals surface area contributed by atoms with Crippen LogP contribution in [0.5, 0.6) is 0 Å². The van der Waals surface area contributed by atoms with Crippen LogP contribution in [0.25, 0.3) is 5.69 Å². The van der Waals surface area contributed by atoms with E-state index in [1.165, 1.54) is 17.9 Å². The second-order valence-electron chi connectivity index (χ2n) is 6.56. The number of alkyl halides is 3. The zero-order valence-corrected chi connectivity index (χ0v) is 16.3. The molecule has 0 aliphatic carbocycles. The summed E-state index contributed by atoms with van der Waals surface area (Å²) in [4.78, 5) is 26.9. The molecule has 1 aromatic heterocycles. The first kappa shape index (κ1) is 21.0. The van der Waals surface area contributed by atoms with Crippen LogP contribution in [0.3, 0.4) is 0 Å². The SMILES string of the molecule is CC(=O)N1CCN(C(=O)NCc2cc(C(F)(F)F)nn2-c2cccc(Cl)c2)CC1. The van der Waals surface area contributed by atoms with Crippen molar-refractivity contribution in [3.63, 3.8) is 0 Å². The van der Waals surface area contributed by atoms with Gasteiger partial charge in [0, 0.05) is 38.1 Å². The summed E-state index contributed by atoms with van der Waals surface area (Å²) in [5.41, 5.74) is -0.542. The molecule has 1 aliphatic heterocycles. The summed E-state index contributed by atoms with van der Waals surface area (Å²) < 4.78 is 40.5. The third-order valence-electron chi connectivity index (χ3n) is 4.56. The van der Waals surface area contributed by atoms with Crippen LogP contribution in [-0.2, 0) is 17.5 Å². The molecule has 156 valence electrons. The maximum absolute atomic E-state index is 13.1. The van der Waals surface area contributed by atoms with Crippen LogP contribution in [-0.4, -0.2) is 57.7 Å². The highest BCUT2D eigenvalue weighted by Crippen LogP contribution is 2.30. The largest absolute Gasteiger partial charge is 0.435 e. The summed E-state index contributed by atoms with van der Waals surface area (Å²) >= 11 is 5.94. The van der Waals surface area contributed by atoms with Crippen molar-refractivity contribution in [2.45, 2.75) is 19.6 Å². The monoisotopic (exact) mass is 429 g/mol. The molecule has 1 saturated heterocycles. The van der Waals surface area contributed by atoms with E-state index in [4.69, 9.17) is 11.6 Å². The molecular weight excluding hydrogens is 411 g/mol. The minimum Gasteiger partial charge on any atom is -0.339 e. The fourth-order valence-electron chi connectivity index (χ4n) is 3.02. The summed E-state index contributed by atoms with van der Waals surface area (Å²) in [5, 5.41) is 6.61. The maximum atomic E-state index is 13.1. The number of amides is 3. The van der Waals surface area contributed by atoms with Crippen molar-refractivity contribution < 1.29 is 22.8 Å². The lowest BCUT2D eigenvalue weighted by Gasteiger charge is -2.34. The molecule has 0 spiro atoms. The lowest BCUT2D eigenvalue weighted by Crippen LogP contribution is -2.52. The van der Waals surface area contributed by atoms with Crippen molar-refractivity contribution in [3.05, 3.63) is 46.7 Å². The van der Waals surface area contributed by atoms with Gasteiger partial charge in [0.1, 0.15) is 0 Å². The van der Waals surface area contributed by atoms with Crippen LogP contribution in [0, 0.1) is 0 Å². The van der Waals surface area contributed by atoms with Gasteiger partial charge in [-0.15, -0.1) is 0 Å². The van der Waals surface area contributed by atoms with E-state index in [0.29, 0.717) is 36.9 Å². The third kappa shape index (κ3) is 5.00. The van der Waals surface area contributed by atoms with Gasteiger partial charge in [-0.2, -0.15) is 18.3 Å². The van der Waals surface area contributed by atoms with E-state index in [-0.39, 0.29) is 18.1 Å². The molecule has 29 heavy (non-hydrogen) atoms. The number of halogens is 4. The van der Waals surface area contributed by atoms with Gasteiger partial charge in [0.25, 0.3) is 0 Å². The zero-order chi connectivity index (χ0) is 21.2. The van der Waals surface area contributed by atoms with Gasteiger partial charge in [-0.3, -0.25) is 4.79 Å². The molecule has 0 radical (unpaired) electrons. The topological polar surface area (TPSA) is 70.5 Å². The predicted octanol–water partition coefficient (Wildman–Crippen LogP) is 2.92. The average molecular weight is 430 g/mol. The first-order valence-corrected chi connectivity index (χ1v) is 9.23. The lowest BCUT2D eigenvalue weighted by atomic mass is 10.3. The fraction of sp³-hybridized carbons (Fsp3) is 0.389. The van der Waals surface area contributed by atoms with Crippen LogP contribution in [0.2, 0.25) is 5.02 Å². The number of piperazine rings is 1.